The van der Waals surface area contributed by atoms with Crippen molar-refractivity contribution in [2.75, 3.05) is 40.3 Å². The minimum absolute atomic E-state index is 0.00207. The Bertz CT molecular complexity index is 668. The third kappa shape index (κ3) is 4.93. The summed E-state index contributed by atoms with van der Waals surface area (Å²) in [5.74, 6) is 1.03. The number of piperidine rings is 2. The van der Waals surface area contributed by atoms with Gasteiger partial charge in [-0.25, -0.2) is 4.79 Å². The van der Waals surface area contributed by atoms with Crippen LogP contribution in [0.1, 0.15) is 31.2 Å². The fourth-order valence-corrected chi connectivity index (χ4v) is 3.97. The van der Waals surface area contributed by atoms with Gasteiger partial charge < -0.3 is 19.4 Å². The Morgan fingerprint density at radius 1 is 1.07 bits per heavy atom. The maximum atomic E-state index is 12.9. The normalized spacial score (nSPS) is 21.1. The predicted molar refractivity (Wildman–Crippen MR) is 105 cm³/mol. The van der Waals surface area contributed by atoms with Crippen LogP contribution in [0.4, 0.5) is 4.79 Å². The molecule has 0 aliphatic carbocycles. The van der Waals surface area contributed by atoms with Crippen LogP contribution in [0.3, 0.4) is 0 Å². The van der Waals surface area contributed by atoms with Crippen LogP contribution in [0.5, 0.6) is 5.75 Å². The van der Waals surface area contributed by atoms with Crippen LogP contribution in [0, 0.1) is 12.8 Å². The fraction of sp³-hybridized carbons (Fsp3) is 0.619. The molecule has 6 nitrogen and oxygen atoms in total. The van der Waals surface area contributed by atoms with Crippen LogP contribution >= 0.6 is 0 Å². The molecule has 2 heterocycles. The van der Waals surface area contributed by atoms with E-state index in [0.717, 1.165) is 51.1 Å². The van der Waals surface area contributed by atoms with Gasteiger partial charge in [0.1, 0.15) is 11.9 Å². The average Bonchev–Trinajstić information content (AvgIpc) is 2.67. The Hall–Kier alpha value is -2.24. The number of amides is 3. The monoisotopic (exact) mass is 373 g/mol. The smallest absolute Gasteiger partial charge is 0.319 e. The van der Waals surface area contributed by atoms with E-state index in [9.17, 15) is 9.59 Å². The summed E-state index contributed by atoms with van der Waals surface area (Å²) >= 11 is 0. The lowest BCUT2D eigenvalue weighted by atomic mass is 9.95. The van der Waals surface area contributed by atoms with Crippen molar-refractivity contribution in [1.82, 2.24) is 14.7 Å². The second-order valence-electron chi connectivity index (χ2n) is 7.92. The van der Waals surface area contributed by atoms with Crippen molar-refractivity contribution in [2.45, 2.75) is 38.7 Å². The number of benzene rings is 1. The Morgan fingerprint density at radius 2 is 1.81 bits per heavy atom. The maximum absolute atomic E-state index is 12.9. The van der Waals surface area contributed by atoms with E-state index in [4.69, 9.17) is 4.74 Å². The highest BCUT2D eigenvalue weighted by Gasteiger charge is 2.33. The van der Waals surface area contributed by atoms with E-state index in [2.05, 4.69) is 19.1 Å². The summed E-state index contributed by atoms with van der Waals surface area (Å²) in [6.07, 6.45) is 3.63. The van der Waals surface area contributed by atoms with Crippen LogP contribution in [0.25, 0.3) is 0 Å². The van der Waals surface area contributed by atoms with Crippen LogP contribution in [-0.4, -0.2) is 73.0 Å². The molecule has 1 atom stereocenters. The Kier molecular flexibility index (Phi) is 6.24. The van der Waals surface area contributed by atoms with Gasteiger partial charge in [-0.15, -0.1) is 0 Å². The molecule has 148 valence electrons. The van der Waals surface area contributed by atoms with Gasteiger partial charge in [0.25, 0.3) is 0 Å². The summed E-state index contributed by atoms with van der Waals surface area (Å²) in [7, 11) is 3.51. The van der Waals surface area contributed by atoms with Gasteiger partial charge in [0.15, 0.2) is 0 Å². The highest BCUT2D eigenvalue weighted by molar-refractivity contribution is 5.81. The minimum atomic E-state index is -0.0723. The van der Waals surface area contributed by atoms with Crippen LogP contribution < -0.4 is 4.74 Å². The summed E-state index contributed by atoms with van der Waals surface area (Å²) in [5, 5.41) is 0. The topological polar surface area (TPSA) is 53.1 Å². The zero-order valence-electron chi connectivity index (χ0n) is 16.7. The zero-order chi connectivity index (χ0) is 19.4. The molecule has 2 fully saturated rings. The summed E-state index contributed by atoms with van der Waals surface area (Å²) in [6.45, 7) is 4.80. The number of carbonyl (C=O) groups excluding carboxylic acids is 2. The van der Waals surface area contributed by atoms with Gasteiger partial charge in [-0.1, -0.05) is 12.1 Å². The molecular weight excluding hydrogens is 342 g/mol. The predicted octanol–water partition coefficient (Wildman–Crippen LogP) is 2.76. The van der Waals surface area contributed by atoms with E-state index < -0.39 is 0 Å². The number of hydrogen-bond donors (Lipinski definition) is 0. The molecule has 27 heavy (non-hydrogen) atoms. The van der Waals surface area contributed by atoms with E-state index in [0.29, 0.717) is 6.54 Å². The molecule has 0 spiro atoms. The quantitative estimate of drug-likeness (QED) is 0.819. The number of hydrogen-bond acceptors (Lipinski definition) is 3. The first-order valence-corrected chi connectivity index (χ1v) is 9.92. The zero-order valence-corrected chi connectivity index (χ0v) is 16.7. The molecule has 2 aliphatic rings. The third-order valence-corrected chi connectivity index (χ3v) is 5.47. The van der Waals surface area contributed by atoms with Crippen molar-refractivity contribution in [3.05, 3.63) is 29.8 Å². The van der Waals surface area contributed by atoms with E-state index in [1.165, 1.54) is 5.56 Å². The molecule has 0 N–H and O–H groups in total. The van der Waals surface area contributed by atoms with Gasteiger partial charge in [-0.2, -0.15) is 0 Å². The summed E-state index contributed by atoms with van der Waals surface area (Å²) in [6, 6.07) is 8.10. The first kappa shape index (κ1) is 19.5. The number of aryl methyl sites for hydroxylation is 1. The summed E-state index contributed by atoms with van der Waals surface area (Å²) in [4.78, 5) is 30.5. The standard InChI is InChI=1S/C21H31N3O3/c1-16-6-4-8-19(14-16)27-18-9-12-23(13-10-18)20(25)17-7-5-11-24(15-17)21(26)22(2)3/h4,6,8,14,17-18H,5,7,9-13,15H2,1-3H3. The van der Waals surface area contributed by atoms with Crippen molar-refractivity contribution in [2.24, 2.45) is 5.92 Å². The lowest BCUT2D eigenvalue weighted by Crippen LogP contribution is -2.51. The van der Waals surface area contributed by atoms with E-state index in [-0.39, 0.29) is 24.0 Å². The van der Waals surface area contributed by atoms with Gasteiger partial charge in [0.2, 0.25) is 5.91 Å². The second-order valence-corrected chi connectivity index (χ2v) is 7.92. The molecule has 1 aromatic rings. The highest BCUT2D eigenvalue weighted by atomic mass is 16.5. The van der Waals surface area contributed by atoms with Gasteiger partial charge in [-0.3, -0.25) is 4.79 Å². The van der Waals surface area contributed by atoms with Crippen molar-refractivity contribution in [3.63, 3.8) is 0 Å². The number of rotatable bonds is 3. The number of ether oxygens (including phenoxy) is 1. The first-order chi connectivity index (χ1) is 12.9. The highest BCUT2D eigenvalue weighted by Crippen LogP contribution is 2.24. The molecule has 3 amide bonds. The van der Waals surface area contributed by atoms with E-state index in [1.54, 1.807) is 23.9 Å². The average molecular weight is 373 g/mol. The molecule has 2 aliphatic heterocycles. The van der Waals surface area contributed by atoms with Crippen LogP contribution in [0.15, 0.2) is 24.3 Å². The Morgan fingerprint density at radius 3 is 2.48 bits per heavy atom. The number of likely N-dealkylation sites (tertiary alicyclic amines) is 2. The van der Waals surface area contributed by atoms with E-state index >= 15 is 0 Å². The Labute approximate surface area is 162 Å². The Balaban J connectivity index is 1.50. The lowest BCUT2D eigenvalue weighted by Gasteiger charge is -2.38. The van der Waals surface area contributed by atoms with Gasteiger partial charge in [-0.05, 0) is 37.5 Å². The van der Waals surface area contributed by atoms with Crippen LogP contribution in [0.2, 0.25) is 0 Å². The largest absolute Gasteiger partial charge is 0.490 e. The van der Waals surface area contributed by atoms with Crippen molar-refractivity contribution in [3.8, 4) is 5.75 Å². The molecule has 0 aromatic heterocycles. The minimum Gasteiger partial charge on any atom is -0.490 e. The molecule has 2 saturated heterocycles. The van der Waals surface area contributed by atoms with Crippen molar-refractivity contribution in [1.29, 1.82) is 0 Å². The molecule has 0 radical (unpaired) electrons. The summed E-state index contributed by atoms with van der Waals surface area (Å²) < 4.78 is 6.09. The van der Waals surface area contributed by atoms with Gasteiger partial charge in [0, 0.05) is 53.1 Å². The molecular formula is C21H31N3O3. The van der Waals surface area contributed by atoms with Gasteiger partial charge >= 0.3 is 6.03 Å². The first-order valence-electron chi connectivity index (χ1n) is 9.92. The molecule has 1 unspecified atom stereocenters. The number of nitrogens with zero attached hydrogens (tertiary/aromatic N) is 3. The van der Waals surface area contributed by atoms with E-state index in [1.807, 2.05) is 17.0 Å². The molecule has 1 aromatic carbocycles. The molecule has 0 saturated carbocycles. The fourth-order valence-electron chi connectivity index (χ4n) is 3.97. The van der Waals surface area contributed by atoms with Gasteiger partial charge in [0.05, 0.1) is 5.92 Å². The number of carbonyl (C=O) groups is 2. The number of urea groups is 1. The lowest BCUT2D eigenvalue weighted by molar-refractivity contribution is -0.138. The third-order valence-electron chi connectivity index (χ3n) is 5.47. The molecule has 0 bridgehead atoms. The molecule has 3 rings (SSSR count). The molecule has 6 heteroatoms. The SMILES string of the molecule is Cc1cccc(OC2CCN(C(=O)C3CCCN(C(=O)N(C)C)C3)CC2)c1. The van der Waals surface area contributed by atoms with Crippen LogP contribution in [-0.2, 0) is 4.79 Å². The van der Waals surface area contributed by atoms with Crippen molar-refractivity contribution >= 4 is 11.9 Å². The second kappa shape index (κ2) is 8.63. The van der Waals surface area contributed by atoms with Crippen molar-refractivity contribution < 1.29 is 14.3 Å². The maximum Gasteiger partial charge on any atom is 0.319 e. The summed E-state index contributed by atoms with van der Waals surface area (Å²) in [5.41, 5.74) is 1.19.